The summed E-state index contributed by atoms with van der Waals surface area (Å²) < 4.78 is 63.9. The van der Waals surface area contributed by atoms with Gasteiger partial charge in [-0.05, 0) is 51.1 Å². The van der Waals surface area contributed by atoms with Gasteiger partial charge >= 0.3 is 6.18 Å². The number of aryl methyl sites for hydroxylation is 1. The van der Waals surface area contributed by atoms with E-state index in [1.54, 1.807) is 14.0 Å². The van der Waals surface area contributed by atoms with Crippen LogP contribution < -0.4 is 10.0 Å². The molecule has 0 atom stereocenters. The minimum atomic E-state index is -4.50. The van der Waals surface area contributed by atoms with Gasteiger partial charge in [0.15, 0.2) is 0 Å². The summed E-state index contributed by atoms with van der Waals surface area (Å²) in [5.41, 5.74) is -0.457. The van der Waals surface area contributed by atoms with E-state index in [2.05, 4.69) is 10.0 Å². The number of hydrogen-bond donors (Lipinski definition) is 2. The first-order valence-corrected chi connectivity index (χ1v) is 8.14. The second-order valence-corrected chi connectivity index (χ2v) is 6.60. The fourth-order valence-corrected chi connectivity index (χ4v) is 2.96. The van der Waals surface area contributed by atoms with E-state index in [0.717, 1.165) is 12.1 Å². The molecule has 0 radical (unpaired) electrons. The van der Waals surface area contributed by atoms with E-state index in [0.29, 0.717) is 24.9 Å². The van der Waals surface area contributed by atoms with Crippen LogP contribution in [0.25, 0.3) is 0 Å². The Kier molecular flexibility index (Phi) is 6.03. The van der Waals surface area contributed by atoms with Crippen LogP contribution in [0, 0.1) is 6.92 Å². The molecule has 0 amide bonds. The van der Waals surface area contributed by atoms with Gasteiger partial charge in [-0.25, -0.2) is 8.42 Å². The van der Waals surface area contributed by atoms with Crippen molar-refractivity contribution in [3.8, 4) is 0 Å². The third kappa shape index (κ3) is 5.92. The highest BCUT2D eigenvalue weighted by Gasteiger charge is 2.31. The van der Waals surface area contributed by atoms with Gasteiger partial charge in [-0.2, -0.15) is 13.2 Å². The molecule has 1 rings (SSSR count). The molecule has 0 aliphatic carbocycles. The van der Waals surface area contributed by atoms with Crippen molar-refractivity contribution in [3.63, 3.8) is 0 Å². The Morgan fingerprint density at radius 3 is 2.43 bits per heavy atom. The fourth-order valence-electron chi connectivity index (χ4n) is 1.72. The molecule has 0 heterocycles. The van der Waals surface area contributed by atoms with Crippen LogP contribution in [0.3, 0.4) is 0 Å². The molecule has 0 aliphatic rings. The summed E-state index contributed by atoms with van der Waals surface area (Å²) in [6, 6.07) is 3.00. The maximum Gasteiger partial charge on any atom is 0.416 e. The van der Waals surface area contributed by atoms with Crippen LogP contribution in [0.15, 0.2) is 18.2 Å². The van der Waals surface area contributed by atoms with E-state index in [1.807, 2.05) is 0 Å². The molecule has 1 aromatic rings. The van der Waals surface area contributed by atoms with Crippen LogP contribution >= 0.6 is 0 Å². The molecule has 0 bridgehead atoms. The summed E-state index contributed by atoms with van der Waals surface area (Å²) in [6.07, 6.45) is -3.38. The monoisotopic (exact) mass is 324 g/mol. The van der Waals surface area contributed by atoms with Crippen molar-refractivity contribution in [3.05, 3.63) is 29.3 Å². The van der Waals surface area contributed by atoms with Crippen molar-refractivity contribution in [1.29, 1.82) is 0 Å². The van der Waals surface area contributed by atoms with Gasteiger partial charge in [-0.3, -0.25) is 4.72 Å². The van der Waals surface area contributed by atoms with Gasteiger partial charge in [-0.15, -0.1) is 0 Å². The van der Waals surface area contributed by atoms with E-state index < -0.39 is 21.8 Å². The molecule has 1 aromatic carbocycles. The Morgan fingerprint density at radius 1 is 1.19 bits per heavy atom. The number of halogens is 3. The SMILES string of the molecule is CNCCCCS(=O)(=O)Nc1cc(C(F)(F)F)ccc1C. The van der Waals surface area contributed by atoms with Crippen molar-refractivity contribution in [2.45, 2.75) is 25.9 Å². The van der Waals surface area contributed by atoms with Gasteiger partial charge in [0, 0.05) is 0 Å². The van der Waals surface area contributed by atoms with Crippen molar-refractivity contribution < 1.29 is 21.6 Å². The third-order valence-corrected chi connectivity index (χ3v) is 4.28. The Bertz CT molecular complexity index is 571. The molecule has 0 aliphatic heterocycles. The minimum absolute atomic E-state index is 0.0292. The number of benzene rings is 1. The summed E-state index contributed by atoms with van der Waals surface area (Å²) in [5.74, 6) is -0.121. The molecule has 21 heavy (non-hydrogen) atoms. The fraction of sp³-hybridized carbons (Fsp3) is 0.538. The van der Waals surface area contributed by atoms with Crippen LogP contribution in [-0.4, -0.2) is 27.8 Å². The maximum atomic E-state index is 12.6. The zero-order valence-electron chi connectivity index (χ0n) is 11.9. The zero-order valence-corrected chi connectivity index (χ0v) is 12.7. The number of rotatable bonds is 7. The zero-order chi connectivity index (χ0) is 16.1. The van der Waals surface area contributed by atoms with Gasteiger partial charge in [0.05, 0.1) is 17.0 Å². The first-order valence-electron chi connectivity index (χ1n) is 6.48. The van der Waals surface area contributed by atoms with Gasteiger partial charge in [-0.1, -0.05) is 6.07 Å². The second kappa shape index (κ2) is 7.13. The van der Waals surface area contributed by atoms with Gasteiger partial charge in [0.25, 0.3) is 0 Å². The lowest BCUT2D eigenvalue weighted by Gasteiger charge is -2.13. The first-order chi connectivity index (χ1) is 9.65. The predicted molar refractivity (Wildman–Crippen MR) is 76.8 cm³/mol. The smallest absolute Gasteiger partial charge is 0.320 e. The molecule has 8 heteroatoms. The van der Waals surface area contributed by atoms with Crippen LogP contribution in [0.4, 0.5) is 18.9 Å². The normalized spacial score (nSPS) is 12.4. The van der Waals surface area contributed by atoms with Gasteiger partial charge in [0.1, 0.15) is 0 Å². The molecule has 2 N–H and O–H groups in total. The quantitative estimate of drug-likeness (QED) is 0.758. The second-order valence-electron chi connectivity index (χ2n) is 4.76. The summed E-state index contributed by atoms with van der Waals surface area (Å²) in [7, 11) is -1.88. The van der Waals surface area contributed by atoms with Crippen molar-refractivity contribution >= 4 is 15.7 Å². The van der Waals surface area contributed by atoms with Crippen molar-refractivity contribution in [2.75, 3.05) is 24.1 Å². The molecule has 120 valence electrons. The Hall–Kier alpha value is -1.28. The molecular formula is C13H19F3N2O2S. The lowest BCUT2D eigenvalue weighted by Crippen LogP contribution is -2.19. The number of nitrogens with one attached hydrogen (secondary N) is 2. The molecule has 0 fully saturated rings. The molecule has 0 spiro atoms. The molecule has 0 aromatic heterocycles. The molecule has 0 unspecified atom stereocenters. The van der Waals surface area contributed by atoms with Gasteiger partial charge < -0.3 is 5.32 Å². The standard InChI is InChI=1S/C13H19F3N2O2S/c1-10-5-6-11(13(14,15)16)9-12(10)18-21(19,20)8-4-3-7-17-2/h5-6,9,17-18H,3-4,7-8H2,1-2H3. The predicted octanol–water partition coefficient (Wildman–Crippen LogP) is 2.76. The topological polar surface area (TPSA) is 58.2 Å². The lowest BCUT2D eigenvalue weighted by molar-refractivity contribution is -0.137. The highest BCUT2D eigenvalue weighted by atomic mass is 32.2. The van der Waals surface area contributed by atoms with E-state index in [-0.39, 0.29) is 11.4 Å². The lowest BCUT2D eigenvalue weighted by atomic mass is 10.1. The summed E-state index contributed by atoms with van der Waals surface area (Å²) in [5, 5.41) is 2.90. The summed E-state index contributed by atoms with van der Waals surface area (Å²) in [4.78, 5) is 0. The molecular weight excluding hydrogens is 305 g/mol. The minimum Gasteiger partial charge on any atom is -0.320 e. The van der Waals surface area contributed by atoms with Crippen molar-refractivity contribution in [1.82, 2.24) is 5.32 Å². The summed E-state index contributed by atoms with van der Waals surface area (Å²) in [6.45, 7) is 2.25. The Balaban J connectivity index is 2.82. The van der Waals surface area contributed by atoms with Crippen LogP contribution in [0.2, 0.25) is 0 Å². The highest BCUT2D eigenvalue weighted by molar-refractivity contribution is 7.92. The molecule has 0 saturated heterocycles. The molecule has 0 saturated carbocycles. The average Bonchev–Trinajstić information content (AvgIpc) is 2.36. The van der Waals surface area contributed by atoms with E-state index in [9.17, 15) is 21.6 Å². The largest absolute Gasteiger partial charge is 0.416 e. The first kappa shape index (κ1) is 17.8. The van der Waals surface area contributed by atoms with Crippen LogP contribution in [0.5, 0.6) is 0 Å². The number of unbranched alkanes of at least 4 members (excludes halogenated alkanes) is 1. The Morgan fingerprint density at radius 2 is 1.86 bits per heavy atom. The number of alkyl halides is 3. The highest BCUT2D eigenvalue weighted by Crippen LogP contribution is 2.32. The van der Waals surface area contributed by atoms with Crippen LogP contribution in [-0.2, 0) is 16.2 Å². The molecule has 4 nitrogen and oxygen atoms in total. The number of hydrogen-bond acceptors (Lipinski definition) is 3. The van der Waals surface area contributed by atoms with Crippen LogP contribution in [0.1, 0.15) is 24.0 Å². The van der Waals surface area contributed by atoms with E-state index in [1.165, 1.54) is 6.07 Å². The number of sulfonamides is 1. The maximum absolute atomic E-state index is 12.6. The van der Waals surface area contributed by atoms with E-state index in [4.69, 9.17) is 0 Å². The summed E-state index contributed by atoms with van der Waals surface area (Å²) >= 11 is 0. The van der Waals surface area contributed by atoms with E-state index >= 15 is 0 Å². The number of anilines is 1. The van der Waals surface area contributed by atoms with Crippen molar-refractivity contribution in [2.24, 2.45) is 0 Å². The Labute approximate surface area is 122 Å². The third-order valence-electron chi connectivity index (χ3n) is 2.92. The van der Waals surface area contributed by atoms with Gasteiger partial charge in [0.2, 0.25) is 10.0 Å². The average molecular weight is 324 g/mol.